The Morgan fingerprint density at radius 1 is 0.962 bits per heavy atom. The van der Waals surface area contributed by atoms with Gasteiger partial charge in [-0.15, -0.1) is 0 Å². The van der Waals surface area contributed by atoms with Crippen molar-refractivity contribution in [1.82, 2.24) is 10.6 Å². The first-order chi connectivity index (χ1) is 12.8. The predicted molar refractivity (Wildman–Crippen MR) is 107 cm³/mol. The average Bonchev–Trinajstić information content (AvgIpc) is 2.70. The second-order valence-electron chi connectivity index (χ2n) is 5.91. The summed E-state index contributed by atoms with van der Waals surface area (Å²) < 4.78 is 11.1. The van der Waals surface area contributed by atoms with Crippen LogP contribution < -0.4 is 15.4 Å². The highest BCUT2D eigenvalue weighted by Gasteiger charge is 2.03. The summed E-state index contributed by atoms with van der Waals surface area (Å²) in [6.07, 6.45) is 2.05. The van der Waals surface area contributed by atoms with E-state index in [4.69, 9.17) is 9.47 Å². The number of para-hydroxylation sites is 1. The standard InChI is InChI=1S/C21H29N3O2/c1-22-21(24-16-19-12-6-7-13-20(19)25-2)23-14-8-9-15-26-17-18-10-4-3-5-11-18/h3-7,10-13H,8-9,14-17H2,1-2H3,(H2,22,23,24). The van der Waals surface area contributed by atoms with Crippen LogP contribution in [0.3, 0.4) is 0 Å². The summed E-state index contributed by atoms with van der Waals surface area (Å²) in [4.78, 5) is 4.25. The van der Waals surface area contributed by atoms with Crippen LogP contribution in [0.15, 0.2) is 59.6 Å². The molecule has 0 radical (unpaired) electrons. The molecule has 140 valence electrons. The maximum absolute atomic E-state index is 5.70. The Bertz CT molecular complexity index is 659. The molecule has 0 aliphatic rings. The minimum Gasteiger partial charge on any atom is -0.496 e. The zero-order valence-electron chi connectivity index (χ0n) is 15.7. The fourth-order valence-corrected chi connectivity index (χ4v) is 2.55. The van der Waals surface area contributed by atoms with Crippen molar-refractivity contribution in [3.63, 3.8) is 0 Å². The van der Waals surface area contributed by atoms with Crippen LogP contribution in [0, 0.1) is 0 Å². The third-order valence-corrected chi connectivity index (χ3v) is 3.98. The molecule has 2 aromatic carbocycles. The molecule has 0 bridgehead atoms. The van der Waals surface area contributed by atoms with E-state index >= 15 is 0 Å². The van der Waals surface area contributed by atoms with Crippen molar-refractivity contribution in [2.24, 2.45) is 4.99 Å². The number of nitrogens with zero attached hydrogens (tertiary/aromatic N) is 1. The third kappa shape index (κ3) is 7.15. The number of nitrogens with one attached hydrogen (secondary N) is 2. The maximum atomic E-state index is 5.70. The van der Waals surface area contributed by atoms with Crippen LogP contribution in [0.2, 0.25) is 0 Å². The van der Waals surface area contributed by atoms with Gasteiger partial charge in [-0.1, -0.05) is 48.5 Å². The molecule has 0 fully saturated rings. The van der Waals surface area contributed by atoms with Gasteiger partial charge in [0.1, 0.15) is 5.75 Å². The first-order valence-electron chi connectivity index (χ1n) is 9.01. The van der Waals surface area contributed by atoms with Gasteiger partial charge in [0.05, 0.1) is 13.7 Å². The molecule has 0 aromatic heterocycles. The van der Waals surface area contributed by atoms with Gasteiger partial charge in [0.25, 0.3) is 0 Å². The molecule has 0 spiro atoms. The minimum atomic E-state index is 0.671. The Labute approximate surface area is 156 Å². The molecule has 0 saturated heterocycles. The first-order valence-corrected chi connectivity index (χ1v) is 9.01. The Hall–Kier alpha value is -2.53. The van der Waals surface area contributed by atoms with Gasteiger partial charge < -0.3 is 20.1 Å². The van der Waals surface area contributed by atoms with E-state index in [1.807, 2.05) is 42.5 Å². The summed E-state index contributed by atoms with van der Waals surface area (Å²) in [7, 11) is 3.46. The molecule has 26 heavy (non-hydrogen) atoms. The van der Waals surface area contributed by atoms with Gasteiger partial charge >= 0.3 is 0 Å². The van der Waals surface area contributed by atoms with Crippen molar-refractivity contribution in [1.29, 1.82) is 0 Å². The molecule has 0 unspecified atom stereocenters. The van der Waals surface area contributed by atoms with Crippen LogP contribution in [0.25, 0.3) is 0 Å². The van der Waals surface area contributed by atoms with Crippen LogP contribution in [-0.2, 0) is 17.9 Å². The second-order valence-corrected chi connectivity index (χ2v) is 5.91. The van der Waals surface area contributed by atoms with E-state index in [1.54, 1.807) is 14.2 Å². The second kappa shape index (κ2) is 11.9. The highest BCUT2D eigenvalue weighted by Crippen LogP contribution is 2.16. The Balaban J connectivity index is 1.57. The number of rotatable bonds is 10. The van der Waals surface area contributed by atoms with Crippen molar-refractivity contribution in [2.75, 3.05) is 27.3 Å². The molecule has 5 nitrogen and oxygen atoms in total. The molecule has 0 atom stereocenters. The highest BCUT2D eigenvalue weighted by atomic mass is 16.5. The Kier molecular flexibility index (Phi) is 9.08. The van der Waals surface area contributed by atoms with E-state index in [9.17, 15) is 0 Å². The lowest BCUT2D eigenvalue weighted by Gasteiger charge is -2.13. The van der Waals surface area contributed by atoms with Crippen LogP contribution in [0.1, 0.15) is 24.0 Å². The fourth-order valence-electron chi connectivity index (χ4n) is 2.55. The quantitative estimate of drug-likeness (QED) is 0.390. The molecule has 0 heterocycles. The number of aliphatic imine (C=N–C) groups is 1. The average molecular weight is 355 g/mol. The van der Waals surface area contributed by atoms with Gasteiger partial charge in [-0.25, -0.2) is 0 Å². The molecule has 5 heteroatoms. The lowest BCUT2D eigenvalue weighted by atomic mass is 10.2. The van der Waals surface area contributed by atoms with E-state index in [0.29, 0.717) is 13.2 Å². The van der Waals surface area contributed by atoms with E-state index in [0.717, 1.165) is 43.3 Å². The van der Waals surface area contributed by atoms with Crippen molar-refractivity contribution in [3.05, 3.63) is 65.7 Å². The van der Waals surface area contributed by atoms with Crippen molar-refractivity contribution >= 4 is 5.96 Å². The molecule has 0 aliphatic heterocycles. The number of benzene rings is 2. The zero-order chi connectivity index (χ0) is 18.5. The summed E-state index contributed by atoms with van der Waals surface area (Å²) in [5.74, 6) is 1.67. The van der Waals surface area contributed by atoms with Crippen LogP contribution in [0.4, 0.5) is 0 Å². The van der Waals surface area contributed by atoms with Gasteiger partial charge in [-0.05, 0) is 24.5 Å². The zero-order valence-corrected chi connectivity index (χ0v) is 15.7. The van der Waals surface area contributed by atoms with Crippen LogP contribution in [-0.4, -0.2) is 33.3 Å². The Morgan fingerprint density at radius 2 is 1.73 bits per heavy atom. The van der Waals surface area contributed by atoms with Crippen LogP contribution >= 0.6 is 0 Å². The number of ether oxygens (including phenoxy) is 2. The van der Waals surface area contributed by atoms with Crippen molar-refractivity contribution in [3.8, 4) is 5.75 Å². The smallest absolute Gasteiger partial charge is 0.191 e. The number of guanidine groups is 1. The summed E-state index contributed by atoms with van der Waals surface area (Å²) in [6.45, 7) is 2.98. The molecular weight excluding hydrogens is 326 g/mol. The number of methoxy groups -OCH3 is 1. The van der Waals surface area contributed by atoms with Gasteiger partial charge in [0, 0.05) is 32.3 Å². The normalized spacial score (nSPS) is 11.2. The summed E-state index contributed by atoms with van der Waals surface area (Å²) in [5, 5.41) is 6.64. The monoisotopic (exact) mass is 355 g/mol. The molecule has 2 rings (SSSR count). The molecule has 0 amide bonds. The van der Waals surface area contributed by atoms with E-state index in [2.05, 4.69) is 27.8 Å². The number of unbranched alkanes of at least 4 members (excludes halogenated alkanes) is 1. The van der Waals surface area contributed by atoms with E-state index in [1.165, 1.54) is 5.56 Å². The summed E-state index contributed by atoms with van der Waals surface area (Å²) in [6, 6.07) is 18.2. The molecular formula is C21H29N3O2. The predicted octanol–water partition coefficient (Wildman–Crippen LogP) is 3.36. The highest BCUT2D eigenvalue weighted by molar-refractivity contribution is 5.79. The number of hydrogen-bond acceptors (Lipinski definition) is 3. The topological polar surface area (TPSA) is 54.9 Å². The summed E-state index contributed by atoms with van der Waals surface area (Å²) >= 11 is 0. The van der Waals surface area contributed by atoms with Crippen molar-refractivity contribution in [2.45, 2.75) is 26.0 Å². The van der Waals surface area contributed by atoms with Crippen molar-refractivity contribution < 1.29 is 9.47 Å². The minimum absolute atomic E-state index is 0.671. The maximum Gasteiger partial charge on any atom is 0.191 e. The van der Waals surface area contributed by atoms with Gasteiger partial charge in [-0.2, -0.15) is 0 Å². The number of hydrogen-bond donors (Lipinski definition) is 2. The van der Waals surface area contributed by atoms with E-state index in [-0.39, 0.29) is 0 Å². The van der Waals surface area contributed by atoms with Gasteiger partial charge in [0.2, 0.25) is 0 Å². The molecule has 0 saturated carbocycles. The fraction of sp³-hybridized carbons (Fsp3) is 0.381. The van der Waals surface area contributed by atoms with E-state index < -0.39 is 0 Å². The van der Waals surface area contributed by atoms with Gasteiger partial charge in [0.15, 0.2) is 5.96 Å². The lowest BCUT2D eigenvalue weighted by Crippen LogP contribution is -2.37. The van der Waals surface area contributed by atoms with Gasteiger partial charge in [-0.3, -0.25) is 4.99 Å². The summed E-state index contributed by atoms with van der Waals surface area (Å²) in [5.41, 5.74) is 2.32. The third-order valence-electron chi connectivity index (χ3n) is 3.98. The van der Waals surface area contributed by atoms with Crippen LogP contribution in [0.5, 0.6) is 5.75 Å². The molecule has 2 aromatic rings. The SMILES string of the molecule is CN=C(NCCCCOCc1ccccc1)NCc1ccccc1OC. The Morgan fingerprint density at radius 3 is 2.50 bits per heavy atom. The molecule has 2 N–H and O–H groups in total. The molecule has 0 aliphatic carbocycles. The first kappa shape index (κ1) is 19.8. The largest absolute Gasteiger partial charge is 0.496 e. The lowest BCUT2D eigenvalue weighted by molar-refractivity contribution is 0.117.